The third kappa shape index (κ3) is 3.76. The molecule has 25 heavy (non-hydrogen) atoms. The Morgan fingerprint density at radius 3 is 2.32 bits per heavy atom. The number of rotatable bonds is 4. The molecule has 0 radical (unpaired) electrons. The van der Waals surface area contributed by atoms with E-state index in [1.807, 2.05) is 24.1 Å². The number of benzene rings is 1. The van der Waals surface area contributed by atoms with E-state index in [2.05, 4.69) is 15.1 Å². The van der Waals surface area contributed by atoms with Crippen molar-refractivity contribution in [2.24, 2.45) is 0 Å². The van der Waals surface area contributed by atoms with Crippen LogP contribution in [0.3, 0.4) is 0 Å². The molecule has 0 spiro atoms. The number of amides is 1. The largest absolute Gasteiger partial charge is 0.478 e. The van der Waals surface area contributed by atoms with E-state index in [1.54, 1.807) is 18.3 Å². The Morgan fingerprint density at radius 1 is 1.12 bits per heavy atom. The lowest BCUT2D eigenvalue weighted by Crippen LogP contribution is -2.45. The molecule has 0 unspecified atom stereocenters. The number of carboxylic acid groups (broad SMARTS) is 1. The SMILES string of the molecule is CN(c1cccnn1)C1CCN(C(=O)c2ccc(C(=O)O)cc2)CC1. The predicted octanol–water partition coefficient (Wildman–Crippen LogP) is 1.92. The maximum atomic E-state index is 12.6. The highest BCUT2D eigenvalue weighted by Gasteiger charge is 2.26. The summed E-state index contributed by atoms with van der Waals surface area (Å²) >= 11 is 0. The third-order valence-electron chi connectivity index (χ3n) is 4.60. The number of hydrogen-bond acceptors (Lipinski definition) is 5. The van der Waals surface area contributed by atoms with Crippen molar-refractivity contribution in [1.29, 1.82) is 0 Å². The van der Waals surface area contributed by atoms with Crippen LogP contribution in [0.1, 0.15) is 33.6 Å². The first-order chi connectivity index (χ1) is 12.1. The molecule has 1 amide bonds. The Balaban J connectivity index is 1.60. The second kappa shape index (κ2) is 7.29. The topological polar surface area (TPSA) is 86.6 Å². The lowest BCUT2D eigenvalue weighted by molar-refractivity contribution is 0.0689. The monoisotopic (exact) mass is 340 g/mol. The molecule has 1 N–H and O–H groups in total. The van der Waals surface area contributed by atoms with Crippen molar-refractivity contribution >= 4 is 17.7 Å². The van der Waals surface area contributed by atoms with E-state index < -0.39 is 5.97 Å². The fraction of sp³-hybridized carbons (Fsp3) is 0.333. The highest BCUT2D eigenvalue weighted by molar-refractivity contribution is 5.96. The van der Waals surface area contributed by atoms with Crippen molar-refractivity contribution in [3.8, 4) is 0 Å². The van der Waals surface area contributed by atoms with E-state index in [0.29, 0.717) is 24.7 Å². The minimum absolute atomic E-state index is 0.0578. The summed E-state index contributed by atoms with van der Waals surface area (Å²) in [6.45, 7) is 1.32. The molecule has 1 aromatic heterocycles. The standard InChI is InChI=1S/C18H20N4O3/c1-21(16-3-2-10-19-20-16)15-8-11-22(12-9-15)17(23)13-4-6-14(7-5-13)18(24)25/h2-7,10,15H,8-9,11-12H2,1H3,(H,24,25). The van der Waals surface area contributed by atoms with Gasteiger partial charge in [0.2, 0.25) is 0 Å². The maximum Gasteiger partial charge on any atom is 0.335 e. The molecule has 0 aliphatic carbocycles. The Bertz CT molecular complexity index is 741. The highest BCUT2D eigenvalue weighted by atomic mass is 16.4. The van der Waals surface area contributed by atoms with Crippen LogP contribution >= 0.6 is 0 Å². The van der Waals surface area contributed by atoms with Gasteiger partial charge in [-0.2, -0.15) is 5.10 Å². The second-order valence-corrected chi connectivity index (χ2v) is 6.10. The zero-order valence-electron chi connectivity index (χ0n) is 14.0. The van der Waals surface area contributed by atoms with Gasteiger partial charge in [0, 0.05) is 37.9 Å². The van der Waals surface area contributed by atoms with Gasteiger partial charge in [-0.3, -0.25) is 4.79 Å². The molecule has 1 fully saturated rings. The summed E-state index contributed by atoms with van der Waals surface area (Å²) in [5.41, 5.74) is 0.701. The van der Waals surface area contributed by atoms with E-state index in [1.165, 1.54) is 12.1 Å². The van der Waals surface area contributed by atoms with Gasteiger partial charge in [0.15, 0.2) is 5.82 Å². The number of piperidine rings is 1. The van der Waals surface area contributed by atoms with Gasteiger partial charge in [0.1, 0.15) is 0 Å². The van der Waals surface area contributed by atoms with E-state index in [-0.39, 0.29) is 11.5 Å². The number of anilines is 1. The van der Waals surface area contributed by atoms with Crippen LogP contribution in [0.25, 0.3) is 0 Å². The summed E-state index contributed by atoms with van der Waals surface area (Å²) < 4.78 is 0. The highest BCUT2D eigenvalue weighted by Crippen LogP contribution is 2.21. The maximum absolute atomic E-state index is 12.6. The van der Waals surface area contributed by atoms with E-state index >= 15 is 0 Å². The van der Waals surface area contributed by atoms with Crippen molar-refractivity contribution < 1.29 is 14.7 Å². The molecular weight excluding hydrogens is 320 g/mol. The van der Waals surface area contributed by atoms with Gasteiger partial charge in [0.25, 0.3) is 5.91 Å². The number of carbonyl (C=O) groups is 2. The van der Waals surface area contributed by atoms with Gasteiger partial charge in [-0.15, -0.1) is 5.10 Å². The van der Waals surface area contributed by atoms with Crippen LogP contribution in [0.5, 0.6) is 0 Å². The van der Waals surface area contributed by atoms with E-state index in [9.17, 15) is 9.59 Å². The van der Waals surface area contributed by atoms with Gasteiger partial charge in [-0.25, -0.2) is 4.79 Å². The molecule has 1 aromatic carbocycles. The molecule has 7 nitrogen and oxygen atoms in total. The fourth-order valence-corrected chi connectivity index (χ4v) is 3.06. The zero-order valence-corrected chi connectivity index (χ0v) is 14.0. The Hall–Kier alpha value is -2.96. The first-order valence-electron chi connectivity index (χ1n) is 8.19. The van der Waals surface area contributed by atoms with Crippen LogP contribution in [0.4, 0.5) is 5.82 Å². The van der Waals surface area contributed by atoms with E-state index in [0.717, 1.165) is 18.7 Å². The van der Waals surface area contributed by atoms with Gasteiger partial charge >= 0.3 is 5.97 Å². The molecule has 130 valence electrons. The predicted molar refractivity (Wildman–Crippen MR) is 92.8 cm³/mol. The molecule has 1 saturated heterocycles. The number of nitrogens with zero attached hydrogens (tertiary/aromatic N) is 4. The molecular formula is C18H20N4O3. The molecule has 1 aliphatic heterocycles. The molecule has 3 rings (SSSR count). The number of hydrogen-bond donors (Lipinski definition) is 1. The zero-order chi connectivity index (χ0) is 17.8. The van der Waals surface area contributed by atoms with Gasteiger partial charge in [-0.1, -0.05) is 0 Å². The van der Waals surface area contributed by atoms with Gasteiger partial charge < -0.3 is 14.9 Å². The van der Waals surface area contributed by atoms with Crippen LogP contribution < -0.4 is 4.90 Å². The molecule has 1 aliphatic rings. The van der Waals surface area contributed by atoms with Crippen LogP contribution in [-0.2, 0) is 0 Å². The van der Waals surface area contributed by atoms with Crippen molar-refractivity contribution in [2.75, 3.05) is 25.0 Å². The molecule has 0 atom stereocenters. The summed E-state index contributed by atoms with van der Waals surface area (Å²) in [6.07, 6.45) is 3.35. The summed E-state index contributed by atoms with van der Waals surface area (Å²) in [7, 11) is 2.00. The molecule has 2 heterocycles. The van der Waals surface area contributed by atoms with Crippen molar-refractivity contribution in [1.82, 2.24) is 15.1 Å². The summed E-state index contributed by atoms with van der Waals surface area (Å²) in [5.74, 6) is -0.221. The summed E-state index contributed by atoms with van der Waals surface area (Å²) in [6, 6.07) is 10.2. The van der Waals surface area contributed by atoms with Crippen LogP contribution in [-0.4, -0.2) is 58.3 Å². The van der Waals surface area contributed by atoms with Crippen LogP contribution in [0, 0.1) is 0 Å². The van der Waals surface area contributed by atoms with Gasteiger partial charge in [-0.05, 0) is 49.2 Å². The number of aromatic nitrogens is 2. The number of carbonyl (C=O) groups excluding carboxylic acids is 1. The smallest absolute Gasteiger partial charge is 0.335 e. The van der Waals surface area contributed by atoms with Crippen LogP contribution in [0.2, 0.25) is 0 Å². The molecule has 0 bridgehead atoms. The first kappa shape index (κ1) is 16.9. The summed E-state index contributed by atoms with van der Waals surface area (Å²) in [4.78, 5) is 27.4. The van der Waals surface area contributed by atoms with Crippen LogP contribution in [0.15, 0.2) is 42.6 Å². The van der Waals surface area contributed by atoms with Crippen molar-refractivity contribution in [3.05, 3.63) is 53.7 Å². The van der Waals surface area contributed by atoms with E-state index in [4.69, 9.17) is 5.11 Å². The minimum Gasteiger partial charge on any atom is -0.478 e. The Morgan fingerprint density at radius 2 is 1.76 bits per heavy atom. The van der Waals surface area contributed by atoms with Gasteiger partial charge in [0.05, 0.1) is 5.56 Å². The normalized spacial score (nSPS) is 15.0. The molecule has 2 aromatic rings. The number of carboxylic acids is 1. The lowest BCUT2D eigenvalue weighted by atomic mass is 10.0. The summed E-state index contributed by atoms with van der Waals surface area (Å²) in [5, 5.41) is 17.0. The fourth-order valence-electron chi connectivity index (χ4n) is 3.06. The first-order valence-corrected chi connectivity index (χ1v) is 8.19. The number of likely N-dealkylation sites (tertiary alicyclic amines) is 1. The third-order valence-corrected chi connectivity index (χ3v) is 4.60. The van der Waals surface area contributed by atoms with Crippen molar-refractivity contribution in [3.63, 3.8) is 0 Å². The van der Waals surface area contributed by atoms with Crippen molar-refractivity contribution in [2.45, 2.75) is 18.9 Å². The Labute approximate surface area is 145 Å². The average molecular weight is 340 g/mol. The molecule has 7 heteroatoms. The average Bonchev–Trinajstić information content (AvgIpc) is 2.67. The molecule has 0 saturated carbocycles. The Kier molecular flexibility index (Phi) is 4.92. The quantitative estimate of drug-likeness (QED) is 0.915. The minimum atomic E-state index is -0.994. The number of aromatic carboxylic acids is 1. The second-order valence-electron chi connectivity index (χ2n) is 6.10. The lowest BCUT2D eigenvalue weighted by Gasteiger charge is -2.37.